The van der Waals surface area contributed by atoms with Gasteiger partial charge in [-0.1, -0.05) is 11.3 Å². The summed E-state index contributed by atoms with van der Waals surface area (Å²) in [5, 5.41) is 11.9. The van der Waals surface area contributed by atoms with E-state index in [0.29, 0.717) is 17.1 Å². The number of amides is 1. The first-order chi connectivity index (χ1) is 10.3. The van der Waals surface area contributed by atoms with Gasteiger partial charge in [0, 0.05) is 12.8 Å². The minimum absolute atomic E-state index is 0.000679. The molecule has 0 bridgehead atoms. The van der Waals surface area contributed by atoms with Gasteiger partial charge in [0.25, 0.3) is 0 Å². The van der Waals surface area contributed by atoms with Crippen molar-refractivity contribution < 1.29 is 14.3 Å². The minimum atomic E-state index is -0.246. The lowest BCUT2D eigenvalue weighted by Gasteiger charge is -2.04. The third-order valence-corrected chi connectivity index (χ3v) is 4.12. The van der Waals surface area contributed by atoms with Gasteiger partial charge in [0.15, 0.2) is 6.29 Å². The largest absolute Gasteiger partial charge is 0.371 e. The van der Waals surface area contributed by atoms with Crippen LogP contribution < -0.4 is 5.32 Å². The molecule has 1 fully saturated rings. The van der Waals surface area contributed by atoms with Gasteiger partial charge in [-0.3, -0.25) is 14.9 Å². The molecule has 2 aromatic rings. The van der Waals surface area contributed by atoms with Crippen LogP contribution >= 0.6 is 11.3 Å². The van der Waals surface area contributed by atoms with Crippen LogP contribution in [-0.4, -0.2) is 33.6 Å². The predicted molar refractivity (Wildman–Crippen MR) is 76.3 cm³/mol. The molecule has 3 heterocycles. The number of aldehydes is 1. The van der Waals surface area contributed by atoms with E-state index in [-0.39, 0.29) is 18.6 Å². The van der Waals surface area contributed by atoms with Crippen LogP contribution in [0.3, 0.4) is 0 Å². The molecule has 7 nitrogen and oxygen atoms in total. The quantitative estimate of drug-likeness (QED) is 0.849. The first-order valence-electron chi connectivity index (χ1n) is 6.61. The number of aromatic nitrogens is 3. The second kappa shape index (κ2) is 6.15. The Morgan fingerprint density at radius 2 is 2.48 bits per heavy atom. The molecule has 110 valence electrons. The number of carbonyl (C=O) groups excluding carboxylic acids is 2. The molecule has 0 spiro atoms. The van der Waals surface area contributed by atoms with Gasteiger partial charge in [-0.15, -0.1) is 10.2 Å². The summed E-state index contributed by atoms with van der Waals surface area (Å²) in [6.07, 6.45) is 4.36. The van der Waals surface area contributed by atoms with E-state index in [1.165, 1.54) is 11.3 Å². The van der Waals surface area contributed by atoms with Gasteiger partial charge in [-0.05, 0) is 25.0 Å². The van der Waals surface area contributed by atoms with E-state index in [9.17, 15) is 9.59 Å². The molecule has 1 atom stereocenters. The molecule has 21 heavy (non-hydrogen) atoms. The molecule has 1 saturated heterocycles. The van der Waals surface area contributed by atoms with Gasteiger partial charge < -0.3 is 9.30 Å². The molecule has 8 heteroatoms. The second-order valence-electron chi connectivity index (χ2n) is 4.67. The van der Waals surface area contributed by atoms with Gasteiger partial charge >= 0.3 is 0 Å². The topological polar surface area (TPSA) is 86.1 Å². The maximum absolute atomic E-state index is 11.9. The zero-order valence-electron chi connectivity index (χ0n) is 11.2. The smallest absolute Gasteiger partial charge is 0.246 e. The lowest BCUT2D eigenvalue weighted by molar-refractivity contribution is -0.116. The SMILES string of the molecule is O=Cc1cccn1CC(=O)Nc1nnc(C2CCCO2)s1. The minimum Gasteiger partial charge on any atom is -0.371 e. The van der Waals surface area contributed by atoms with Crippen molar-refractivity contribution >= 4 is 28.7 Å². The van der Waals surface area contributed by atoms with Crippen molar-refractivity contribution in [3.8, 4) is 0 Å². The van der Waals surface area contributed by atoms with Crippen LogP contribution in [0.2, 0.25) is 0 Å². The number of hydrogen-bond donors (Lipinski definition) is 1. The highest BCUT2D eigenvalue weighted by atomic mass is 32.1. The Kier molecular flexibility index (Phi) is 4.07. The number of nitrogens with zero attached hydrogens (tertiary/aromatic N) is 3. The van der Waals surface area contributed by atoms with Gasteiger partial charge in [-0.2, -0.15) is 0 Å². The van der Waals surface area contributed by atoms with E-state index in [2.05, 4.69) is 15.5 Å². The molecule has 1 amide bonds. The third-order valence-electron chi connectivity index (χ3n) is 3.19. The summed E-state index contributed by atoms with van der Waals surface area (Å²) in [7, 11) is 0. The van der Waals surface area contributed by atoms with Crippen LogP contribution in [0.1, 0.15) is 34.4 Å². The summed E-state index contributed by atoms with van der Waals surface area (Å²) in [4.78, 5) is 22.7. The van der Waals surface area contributed by atoms with Gasteiger partial charge in [0.1, 0.15) is 17.7 Å². The fourth-order valence-electron chi connectivity index (χ4n) is 2.18. The molecule has 1 N–H and O–H groups in total. The van der Waals surface area contributed by atoms with Crippen molar-refractivity contribution in [1.29, 1.82) is 0 Å². The Morgan fingerprint density at radius 3 is 3.24 bits per heavy atom. The van der Waals surface area contributed by atoms with Crippen LogP contribution in [0.15, 0.2) is 18.3 Å². The maximum Gasteiger partial charge on any atom is 0.246 e. The molecule has 0 saturated carbocycles. The molecule has 2 aromatic heterocycles. The third kappa shape index (κ3) is 3.17. The van der Waals surface area contributed by atoms with Gasteiger partial charge in [-0.25, -0.2) is 0 Å². The van der Waals surface area contributed by atoms with Crippen molar-refractivity contribution in [2.45, 2.75) is 25.5 Å². The monoisotopic (exact) mass is 306 g/mol. The Labute approximate surface area is 124 Å². The van der Waals surface area contributed by atoms with E-state index in [4.69, 9.17) is 4.74 Å². The van der Waals surface area contributed by atoms with E-state index in [0.717, 1.165) is 24.5 Å². The van der Waals surface area contributed by atoms with Crippen molar-refractivity contribution in [3.63, 3.8) is 0 Å². The van der Waals surface area contributed by atoms with E-state index < -0.39 is 0 Å². The number of anilines is 1. The Morgan fingerprint density at radius 1 is 1.57 bits per heavy atom. The molecule has 0 radical (unpaired) electrons. The number of hydrogen-bond acceptors (Lipinski definition) is 6. The van der Waals surface area contributed by atoms with Crippen molar-refractivity contribution in [3.05, 3.63) is 29.0 Å². The summed E-state index contributed by atoms with van der Waals surface area (Å²) in [6.45, 7) is 0.809. The lowest BCUT2D eigenvalue weighted by Crippen LogP contribution is -2.19. The Hall–Kier alpha value is -2.06. The van der Waals surface area contributed by atoms with Crippen LogP contribution in [0, 0.1) is 0 Å². The highest BCUT2D eigenvalue weighted by molar-refractivity contribution is 7.15. The van der Waals surface area contributed by atoms with Crippen molar-refractivity contribution in [2.75, 3.05) is 11.9 Å². The lowest BCUT2D eigenvalue weighted by atomic mass is 10.2. The highest BCUT2D eigenvalue weighted by Crippen LogP contribution is 2.31. The molecule has 3 rings (SSSR count). The summed E-state index contributed by atoms with van der Waals surface area (Å²) < 4.78 is 7.10. The van der Waals surface area contributed by atoms with Gasteiger partial charge in [0.05, 0.1) is 5.69 Å². The molecular weight excluding hydrogens is 292 g/mol. The molecule has 1 aliphatic rings. The molecular formula is C13H14N4O3S. The zero-order valence-corrected chi connectivity index (χ0v) is 12.0. The molecule has 1 aliphatic heterocycles. The second-order valence-corrected chi connectivity index (χ2v) is 5.68. The first-order valence-corrected chi connectivity index (χ1v) is 7.43. The van der Waals surface area contributed by atoms with E-state index >= 15 is 0 Å². The molecule has 0 aliphatic carbocycles. The first kappa shape index (κ1) is 13.9. The van der Waals surface area contributed by atoms with Crippen LogP contribution in [0.25, 0.3) is 0 Å². The number of rotatable bonds is 5. The average Bonchev–Trinajstić information content (AvgIpc) is 3.19. The fraction of sp³-hybridized carbons (Fsp3) is 0.385. The summed E-state index contributed by atoms with van der Waals surface area (Å²) >= 11 is 1.32. The predicted octanol–water partition coefficient (Wildman–Crippen LogP) is 1.64. The Bertz CT molecular complexity index is 645. The normalized spacial score (nSPS) is 17.8. The molecule has 1 unspecified atom stereocenters. The van der Waals surface area contributed by atoms with Crippen LogP contribution in [0.4, 0.5) is 5.13 Å². The summed E-state index contributed by atoms with van der Waals surface area (Å²) in [6, 6.07) is 3.37. The Balaban J connectivity index is 1.61. The number of ether oxygens (including phenoxy) is 1. The highest BCUT2D eigenvalue weighted by Gasteiger charge is 2.22. The standard InChI is InChI=1S/C13H14N4O3S/c18-8-9-3-1-5-17(9)7-11(19)14-13-16-15-12(21-13)10-4-2-6-20-10/h1,3,5,8,10H,2,4,6-7H2,(H,14,16,19). The zero-order chi connectivity index (χ0) is 14.7. The fourth-order valence-corrected chi connectivity index (χ4v) is 3.02. The average molecular weight is 306 g/mol. The summed E-state index contributed by atoms with van der Waals surface area (Å²) in [5.74, 6) is -0.246. The van der Waals surface area contributed by atoms with E-state index in [1.807, 2.05) is 0 Å². The number of carbonyl (C=O) groups is 2. The molecule has 0 aromatic carbocycles. The van der Waals surface area contributed by atoms with Crippen molar-refractivity contribution in [2.24, 2.45) is 0 Å². The summed E-state index contributed by atoms with van der Waals surface area (Å²) in [5.41, 5.74) is 0.461. The van der Waals surface area contributed by atoms with Gasteiger partial charge in [0.2, 0.25) is 11.0 Å². The van der Waals surface area contributed by atoms with Crippen molar-refractivity contribution in [1.82, 2.24) is 14.8 Å². The van der Waals surface area contributed by atoms with Crippen LogP contribution in [0.5, 0.6) is 0 Å². The number of nitrogens with one attached hydrogen (secondary N) is 1. The van der Waals surface area contributed by atoms with Crippen LogP contribution in [-0.2, 0) is 16.1 Å². The van der Waals surface area contributed by atoms with E-state index in [1.54, 1.807) is 22.9 Å². The maximum atomic E-state index is 11.9.